The van der Waals surface area contributed by atoms with E-state index >= 15 is 0 Å². The average molecular weight is 683 g/mol. The fraction of sp³-hybridized carbons (Fsp3) is 0.312. The summed E-state index contributed by atoms with van der Waals surface area (Å²) in [5, 5.41) is 18.3. The van der Waals surface area contributed by atoms with Gasteiger partial charge in [-0.25, -0.2) is 14.6 Å². The predicted octanol–water partition coefficient (Wildman–Crippen LogP) is 7.29. The number of unbranched alkanes of at least 4 members (excludes halogenated alkanes) is 2. The highest BCUT2D eigenvalue weighted by atomic mass is 19.4. The van der Waals surface area contributed by atoms with Crippen molar-refractivity contribution in [3.8, 4) is 11.3 Å². The summed E-state index contributed by atoms with van der Waals surface area (Å²) in [5.41, 5.74) is 3.41. The number of aromatic nitrogens is 3. The number of imidazole rings is 1. The summed E-state index contributed by atoms with van der Waals surface area (Å²) in [6, 6.07) is 19.1. The number of rotatable bonds is 11. The summed E-state index contributed by atoms with van der Waals surface area (Å²) in [6.07, 6.45) is -1.96. The monoisotopic (exact) mass is 682 g/mol. The minimum absolute atomic E-state index is 0.144. The highest BCUT2D eigenvalue weighted by Gasteiger charge is 2.38. The van der Waals surface area contributed by atoms with Gasteiger partial charge in [0.15, 0.2) is 0 Å². The van der Waals surface area contributed by atoms with Crippen LogP contribution in [0, 0.1) is 0 Å². The summed E-state index contributed by atoms with van der Waals surface area (Å²) >= 11 is 0. The molecule has 16 heteroatoms. The zero-order valence-electron chi connectivity index (χ0n) is 25.4. The van der Waals surface area contributed by atoms with E-state index in [0.29, 0.717) is 24.2 Å². The Hall–Kier alpha value is -5.28. The van der Waals surface area contributed by atoms with Gasteiger partial charge in [0.25, 0.3) is 5.91 Å². The SMILES string of the molecule is CCC(=O)CCCCC[C@H](NC(=O)c1ccc2ncccc2c1)c1ncc(-c2ccccc2)[nH]1.O=C(O)C(F)(F)F.O=C(O)C(F)(F)F. The highest BCUT2D eigenvalue weighted by molar-refractivity contribution is 5.98. The van der Waals surface area contributed by atoms with Crippen molar-refractivity contribution < 1.29 is 55.7 Å². The molecule has 4 aromatic rings. The molecule has 2 aromatic carbocycles. The number of nitrogens with one attached hydrogen (secondary N) is 2. The first-order chi connectivity index (χ1) is 22.5. The lowest BCUT2D eigenvalue weighted by molar-refractivity contribution is -0.193. The summed E-state index contributed by atoms with van der Waals surface area (Å²) in [7, 11) is 0. The maximum atomic E-state index is 13.1. The van der Waals surface area contributed by atoms with Crippen molar-refractivity contribution in [1.29, 1.82) is 0 Å². The molecule has 0 saturated heterocycles. The minimum atomic E-state index is -5.08. The van der Waals surface area contributed by atoms with Gasteiger partial charge < -0.3 is 20.5 Å². The first-order valence-electron chi connectivity index (χ1n) is 14.4. The van der Waals surface area contributed by atoms with E-state index in [4.69, 9.17) is 19.8 Å². The zero-order chi connectivity index (χ0) is 35.9. The van der Waals surface area contributed by atoms with Crippen LogP contribution < -0.4 is 5.32 Å². The van der Waals surface area contributed by atoms with Crippen LogP contribution in [0.2, 0.25) is 0 Å². The van der Waals surface area contributed by atoms with Crippen molar-refractivity contribution >= 4 is 34.5 Å². The number of alkyl halides is 6. The molecular weight excluding hydrogens is 650 g/mol. The van der Waals surface area contributed by atoms with Crippen LogP contribution in [0.15, 0.2) is 73.1 Å². The largest absolute Gasteiger partial charge is 0.490 e. The second-order valence-electron chi connectivity index (χ2n) is 10.1. The topological polar surface area (TPSA) is 162 Å². The molecule has 258 valence electrons. The Bertz CT molecular complexity index is 1630. The molecule has 0 bridgehead atoms. The number of amides is 1. The molecule has 0 aliphatic rings. The van der Waals surface area contributed by atoms with Crippen LogP contribution in [0.4, 0.5) is 26.3 Å². The van der Waals surface area contributed by atoms with Gasteiger partial charge in [0, 0.05) is 30.0 Å². The van der Waals surface area contributed by atoms with Crippen molar-refractivity contribution in [2.45, 2.75) is 63.8 Å². The molecular formula is C32H32F6N4O6. The number of pyridine rings is 1. The number of carbonyl (C=O) groups excluding carboxylic acids is 2. The second-order valence-corrected chi connectivity index (χ2v) is 10.1. The Balaban J connectivity index is 0.000000479. The molecule has 0 spiro atoms. The highest BCUT2D eigenvalue weighted by Crippen LogP contribution is 2.24. The van der Waals surface area contributed by atoms with E-state index in [2.05, 4.69) is 20.3 Å². The van der Waals surface area contributed by atoms with Crippen molar-refractivity contribution in [3.63, 3.8) is 0 Å². The number of ketones is 1. The van der Waals surface area contributed by atoms with Gasteiger partial charge in [0.05, 0.1) is 23.4 Å². The van der Waals surface area contributed by atoms with Crippen LogP contribution in [0.3, 0.4) is 0 Å². The van der Waals surface area contributed by atoms with Gasteiger partial charge in [0.1, 0.15) is 11.6 Å². The molecule has 0 unspecified atom stereocenters. The van der Waals surface area contributed by atoms with Crippen LogP contribution in [0.25, 0.3) is 22.2 Å². The lowest BCUT2D eigenvalue weighted by Gasteiger charge is -2.17. The van der Waals surface area contributed by atoms with Crippen molar-refractivity contribution in [3.05, 3.63) is 84.4 Å². The van der Waals surface area contributed by atoms with E-state index in [1.807, 2.05) is 67.7 Å². The Kier molecular flexibility index (Phi) is 14.7. The van der Waals surface area contributed by atoms with Gasteiger partial charge in [-0.3, -0.25) is 14.6 Å². The summed E-state index contributed by atoms with van der Waals surface area (Å²) in [6.45, 7) is 1.90. The molecule has 0 saturated carbocycles. The summed E-state index contributed by atoms with van der Waals surface area (Å²) in [4.78, 5) is 54.8. The molecule has 0 radical (unpaired) electrons. The van der Waals surface area contributed by atoms with E-state index in [1.165, 1.54) is 0 Å². The normalized spacial score (nSPS) is 11.7. The third-order valence-corrected chi connectivity index (χ3v) is 6.51. The molecule has 2 aromatic heterocycles. The number of carboxylic acid groups (broad SMARTS) is 2. The van der Waals surface area contributed by atoms with Crippen LogP contribution in [-0.4, -0.2) is 61.1 Å². The number of H-pyrrole nitrogens is 1. The number of benzene rings is 2. The number of aliphatic carboxylic acids is 2. The number of hydrogen-bond acceptors (Lipinski definition) is 6. The van der Waals surface area contributed by atoms with Crippen molar-refractivity contribution in [2.75, 3.05) is 0 Å². The molecule has 10 nitrogen and oxygen atoms in total. The Labute approximate surface area is 270 Å². The lowest BCUT2D eigenvalue weighted by Crippen LogP contribution is -2.29. The molecule has 0 aliphatic carbocycles. The summed E-state index contributed by atoms with van der Waals surface area (Å²) in [5.74, 6) is -4.62. The van der Waals surface area contributed by atoms with Gasteiger partial charge in [-0.05, 0) is 42.7 Å². The second kappa shape index (κ2) is 18.2. The Morgan fingerprint density at radius 1 is 0.833 bits per heavy atom. The van der Waals surface area contributed by atoms with E-state index in [0.717, 1.165) is 53.7 Å². The lowest BCUT2D eigenvalue weighted by atomic mass is 10.0. The fourth-order valence-electron chi connectivity index (χ4n) is 4.04. The molecule has 4 N–H and O–H groups in total. The van der Waals surface area contributed by atoms with Gasteiger partial charge in [-0.2, -0.15) is 26.3 Å². The number of nitrogens with zero attached hydrogens (tertiary/aromatic N) is 2. The smallest absolute Gasteiger partial charge is 0.475 e. The van der Waals surface area contributed by atoms with Crippen LogP contribution in [0.5, 0.6) is 0 Å². The Morgan fingerprint density at radius 2 is 1.46 bits per heavy atom. The zero-order valence-corrected chi connectivity index (χ0v) is 25.4. The minimum Gasteiger partial charge on any atom is -0.475 e. The maximum absolute atomic E-state index is 13.1. The number of hydrogen-bond donors (Lipinski definition) is 4. The maximum Gasteiger partial charge on any atom is 0.490 e. The van der Waals surface area contributed by atoms with Crippen LogP contribution >= 0.6 is 0 Å². The fourth-order valence-corrected chi connectivity index (χ4v) is 4.04. The van der Waals surface area contributed by atoms with Gasteiger partial charge in [-0.15, -0.1) is 0 Å². The van der Waals surface area contributed by atoms with Gasteiger partial charge >= 0.3 is 24.3 Å². The molecule has 1 amide bonds. The van der Waals surface area contributed by atoms with E-state index < -0.39 is 24.3 Å². The molecule has 4 rings (SSSR count). The van der Waals surface area contributed by atoms with E-state index in [9.17, 15) is 35.9 Å². The van der Waals surface area contributed by atoms with Gasteiger partial charge in [-0.1, -0.05) is 56.2 Å². The van der Waals surface area contributed by atoms with E-state index in [1.54, 1.807) is 12.3 Å². The number of Topliss-reactive ketones (excluding diaryl/α,β-unsaturated/α-hetero) is 1. The first-order valence-corrected chi connectivity index (χ1v) is 14.4. The molecule has 0 fully saturated rings. The number of carbonyl (C=O) groups is 4. The number of carboxylic acids is 2. The quantitative estimate of drug-likeness (QED) is 0.0947. The molecule has 48 heavy (non-hydrogen) atoms. The predicted molar refractivity (Wildman–Crippen MR) is 162 cm³/mol. The number of fused-ring (bicyclic) bond motifs is 1. The molecule has 2 heterocycles. The average Bonchev–Trinajstić information content (AvgIpc) is 3.54. The summed E-state index contributed by atoms with van der Waals surface area (Å²) < 4.78 is 63.5. The third-order valence-electron chi connectivity index (χ3n) is 6.51. The Morgan fingerprint density at radius 3 is 2.04 bits per heavy atom. The van der Waals surface area contributed by atoms with E-state index in [-0.39, 0.29) is 11.9 Å². The standard InChI is InChI=1S/C28H30N4O2.2C2HF3O2/c1-2-23(33)13-7-4-8-14-25(27-30-19-26(31-27)20-10-5-3-6-11-20)32-28(34)22-15-16-24-21(18-22)12-9-17-29-24;2*3-2(4,5)1(6)7/h3,5-6,9-12,15-19,25H,2,4,7-8,13-14H2,1H3,(H,30,31)(H,32,34);2*(H,6,7)/t25-;;/m0../s1. The van der Waals surface area contributed by atoms with Crippen molar-refractivity contribution in [2.24, 2.45) is 0 Å². The van der Waals surface area contributed by atoms with Crippen molar-refractivity contribution in [1.82, 2.24) is 20.3 Å². The third kappa shape index (κ3) is 13.2. The van der Waals surface area contributed by atoms with Crippen LogP contribution in [-0.2, 0) is 14.4 Å². The molecule has 1 atom stereocenters. The van der Waals surface area contributed by atoms with Crippen LogP contribution in [0.1, 0.15) is 67.7 Å². The number of aromatic amines is 1. The molecule has 0 aliphatic heterocycles. The number of halogens is 6. The van der Waals surface area contributed by atoms with Gasteiger partial charge in [0.2, 0.25) is 0 Å². The first kappa shape index (κ1) is 38.9.